The van der Waals surface area contributed by atoms with Gasteiger partial charge in [-0.3, -0.25) is 4.79 Å². The lowest BCUT2D eigenvalue weighted by Gasteiger charge is -2.23. The Morgan fingerprint density at radius 2 is 2.05 bits per heavy atom. The fourth-order valence-electron chi connectivity index (χ4n) is 1.69. The van der Waals surface area contributed by atoms with Gasteiger partial charge in [-0.05, 0) is 18.6 Å². The van der Waals surface area contributed by atoms with E-state index in [1.807, 2.05) is 6.07 Å². The summed E-state index contributed by atoms with van der Waals surface area (Å²) in [7, 11) is 1.62. The molecule has 19 heavy (non-hydrogen) atoms. The lowest BCUT2D eigenvalue weighted by molar-refractivity contribution is -0.130. The summed E-state index contributed by atoms with van der Waals surface area (Å²) >= 11 is 0. The van der Waals surface area contributed by atoms with E-state index in [2.05, 4.69) is 0 Å². The van der Waals surface area contributed by atoms with Crippen molar-refractivity contribution in [3.63, 3.8) is 0 Å². The van der Waals surface area contributed by atoms with E-state index < -0.39 is 5.97 Å². The zero-order valence-corrected chi connectivity index (χ0v) is 11.0. The molecule has 1 aromatic rings. The Hall–Kier alpha value is -2.35. The van der Waals surface area contributed by atoms with Crippen molar-refractivity contribution >= 4 is 11.9 Å². The van der Waals surface area contributed by atoms with Gasteiger partial charge in [-0.1, -0.05) is 18.2 Å². The zero-order valence-electron chi connectivity index (χ0n) is 11.0. The van der Waals surface area contributed by atoms with E-state index in [4.69, 9.17) is 10.4 Å². The van der Waals surface area contributed by atoms with Crippen LogP contribution in [0.2, 0.25) is 0 Å². The first-order chi connectivity index (χ1) is 8.97. The minimum Gasteiger partial charge on any atom is -0.478 e. The molecule has 0 aromatic heterocycles. The number of amides is 1. The van der Waals surface area contributed by atoms with E-state index in [1.165, 1.54) is 11.0 Å². The van der Waals surface area contributed by atoms with Crippen LogP contribution in [0.5, 0.6) is 0 Å². The van der Waals surface area contributed by atoms with E-state index >= 15 is 0 Å². The highest BCUT2D eigenvalue weighted by Crippen LogP contribution is 2.12. The molecule has 1 amide bonds. The summed E-state index contributed by atoms with van der Waals surface area (Å²) in [6, 6.07) is 8.25. The Labute approximate surface area is 112 Å². The third-order valence-electron chi connectivity index (χ3n) is 3.03. The van der Waals surface area contributed by atoms with Crippen LogP contribution in [0.1, 0.15) is 29.3 Å². The highest BCUT2D eigenvalue weighted by molar-refractivity contribution is 5.91. The van der Waals surface area contributed by atoms with Gasteiger partial charge in [-0.25, -0.2) is 4.79 Å². The number of carboxylic acid groups (broad SMARTS) is 1. The van der Waals surface area contributed by atoms with Crippen molar-refractivity contribution in [2.24, 2.45) is 0 Å². The standard InChI is InChI=1S/C14H16N2O3/c1-10(7-8-15)16(2)13(17)9-11-5-3-4-6-12(11)14(18)19/h3-6,10H,7,9H2,1-2H3,(H,18,19). The Bertz CT molecular complexity index is 520. The minimum absolute atomic E-state index is 0.0226. The first-order valence-corrected chi connectivity index (χ1v) is 5.91. The fourth-order valence-corrected chi connectivity index (χ4v) is 1.69. The summed E-state index contributed by atoms with van der Waals surface area (Å²) in [5, 5.41) is 17.7. The van der Waals surface area contributed by atoms with Gasteiger partial charge in [-0.2, -0.15) is 5.26 Å². The van der Waals surface area contributed by atoms with Gasteiger partial charge in [0, 0.05) is 13.1 Å². The maximum atomic E-state index is 12.0. The number of carbonyl (C=O) groups is 2. The number of benzene rings is 1. The molecule has 1 N–H and O–H groups in total. The van der Waals surface area contributed by atoms with Crippen molar-refractivity contribution in [1.29, 1.82) is 5.26 Å². The Kier molecular flexibility index (Phi) is 5.07. The normalized spacial score (nSPS) is 11.4. The third-order valence-corrected chi connectivity index (χ3v) is 3.03. The molecule has 1 atom stereocenters. The quantitative estimate of drug-likeness (QED) is 0.873. The molecule has 0 bridgehead atoms. The summed E-state index contributed by atoms with van der Waals surface area (Å²) in [6.07, 6.45) is 0.275. The zero-order chi connectivity index (χ0) is 14.4. The Balaban J connectivity index is 2.83. The molecule has 0 aliphatic heterocycles. The molecular weight excluding hydrogens is 244 g/mol. The molecule has 0 radical (unpaired) electrons. The van der Waals surface area contributed by atoms with E-state index in [0.29, 0.717) is 5.56 Å². The van der Waals surface area contributed by atoms with Gasteiger partial charge < -0.3 is 10.0 Å². The second kappa shape index (κ2) is 6.55. The molecule has 5 heteroatoms. The molecule has 0 heterocycles. The SMILES string of the molecule is CC(CC#N)N(C)C(=O)Cc1ccccc1C(=O)O. The molecule has 100 valence electrons. The van der Waals surface area contributed by atoms with Crippen molar-refractivity contribution < 1.29 is 14.7 Å². The van der Waals surface area contributed by atoms with Crippen LogP contribution in [0, 0.1) is 11.3 Å². The third kappa shape index (κ3) is 3.81. The molecule has 0 spiro atoms. The second-order valence-electron chi connectivity index (χ2n) is 4.35. The van der Waals surface area contributed by atoms with Crippen LogP contribution < -0.4 is 0 Å². The average molecular weight is 260 g/mol. The maximum Gasteiger partial charge on any atom is 0.335 e. The monoisotopic (exact) mass is 260 g/mol. The van der Waals surface area contributed by atoms with Gasteiger partial charge in [0.2, 0.25) is 5.91 Å². The van der Waals surface area contributed by atoms with Crippen molar-refractivity contribution in [2.75, 3.05) is 7.05 Å². The van der Waals surface area contributed by atoms with E-state index in [9.17, 15) is 9.59 Å². The molecule has 5 nitrogen and oxygen atoms in total. The molecule has 0 saturated carbocycles. The highest BCUT2D eigenvalue weighted by atomic mass is 16.4. The molecule has 0 aliphatic carbocycles. The first-order valence-electron chi connectivity index (χ1n) is 5.91. The van der Waals surface area contributed by atoms with Crippen LogP contribution in [0.25, 0.3) is 0 Å². The van der Waals surface area contributed by atoms with Gasteiger partial charge in [0.1, 0.15) is 0 Å². The molecule has 1 unspecified atom stereocenters. The molecule has 0 fully saturated rings. The number of hydrogen-bond acceptors (Lipinski definition) is 3. The van der Waals surface area contributed by atoms with Crippen molar-refractivity contribution in [1.82, 2.24) is 4.90 Å². The number of likely N-dealkylation sites (N-methyl/N-ethyl adjacent to an activating group) is 1. The van der Waals surface area contributed by atoms with Crippen molar-refractivity contribution in [3.8, 4) is 6.07 Å². The van der Waals surface area contributed by atoms with Crippen LogP contribution in [0.15, 0.2) is 24.3 Å². The topological polar surface area (TPSA) is 81.4 Å². The Morgan fingerprint density at radius 1 is 1.42 bits per heavy atom. The van der Waals surface area contributed by atoms with Crippen LogP contribution in [-0.2, 0) is 11.2 Å². The van der Waals surface area contributed by atoms with Crippen LogP contribution in [0.3, 0.4) is 0 Å². The summed E-state index contributed by atoms with van der Waals surface area (Å²) in [4.78, 5) is 24.5. The molecule has 0 aliphatic rings. The number of nitriles is 1. The van der Waals surface area contributed by atoms with Crippen molar-refractivity contribution in [2.45, 2.75) is 25.8 Å². The van der Waals surface area contributed by atoms with Crippen molar-refractivity contribution in [3.05, 3.63) is 35.4 Å². The van der Waals surface area contributed by atoms with Gasteiger partial charge in [0.15, 0.2) is 0 Å². The van der Waals surface area contributed by atoms with E-state index in [0.717, 1.165) is 0 Å². The van der Waals surface area contributed by atoms with Crippen LogP contribution in [-0.4, -0.2) is 35.0 Å². The molecule has 1 aromatic carbocycles. The number of aromatic carboxylic acids is 1. The predicted molar refractivity (Wildman–Crippen MR) is 69.6 cm³/mol. The predicted octanol–water partition coefficient (Wildman–Crippen LogP) is 1.69. The summed E-state index contributed by atoms with van der Waals surface area (Å²) < 4.78 is 0. The first kappa shape index (κ1) is 14.7. The van der Waals surface area contributed by atoms with E-state index in [-0.39, 0.29) is 30.4 Å². The van der Waals surface area contributed by atoms with Gasteiger partial charge >= 0.3 is 5.97 Å². The number of carboxylic acids is 1. The fraction of sp³-hybridized carbons (Fsp3) is 0.357. The lowest BCUT2D eigenvalue weighted by atomic mass is 10.0. The smallest absolute Gasteiger partial charge is 0.335 e. The average Bonchev–Trinajstić information content (AvgIpc) is 2.38. The number of nitrogens with zero attached hydrogens (tertiary/aromatic N) is 2. The number of carbonyl (C=O) groups excluding carboxylic acids is 1. The van der Waals surface area contributed by atoms with Crippen LogP contribution in [0.4, 0.5) is 0 Å². The van der Waals surface area contributed by atoms with Gasteiger partial charge in [-0.15, -0.1) is 0 Å². The van der Waals surface area contributed by atoms with Gasteiger partial charge in [0.05, 0.1) is 24.5 Å². The number of rotatable bonds is 5. The van der Waals surface area contributed by atoms with Gasteiger partial charge in [0.25, 0.3) is 0 Å². The number of hydrogen-bond donors (Lipinski definition) is 1. The van der Waals surface area contributed by atoms with E-state index in [1.54, 1.807) is 32.2 Å². The summed E-state index contributed by atoms with van der Waals surface area (Å²) in [6.45, 7) is 1.78. The Morgan fingerprint density at radius 3 is 2.63 bits per heavy atom. The van der Waals surface area contributed by atoms with Crippen LogP contribution >= 0.6 is 0 Å². The molecular formula is C14H16N2O3. The summed E-state index contributed by atoms with van der Waals surface area (Å²) in [5.74, 6) is -1.24. The lowest BCUT2D eigenvalue weighted by Crippen LogP contribution is -2.36. The minimum atomic E-state index is -1.05. The summed E-state index contributed by atoms with van der Waals surface area (Å²) in [5.41, 5.74) is 0.619. The second-order valence-corrected chi connectivity index (χ2v) is 4.35. The largest absolute Gasteiger partial charge is 0.478 e. The molecule has 0 saturated heterocycles. The maximum absolute atomic E-state index is 12.0. The molecule has 1 rings (SSSR count). The highest BCUT2D eigenvalue weighted by Gasteiger charge is 2.18.